The number of carbonyl (C=O) groups excluding carboxylic acids is 2. The molecule has 1 aliphatic rings. The van der Waals surface area contributed by atoms with E-state index in [-0.39, 0.29) is 35.0 Å². The number of aryl methyl sites for hydroxylation is 3. The molecule has 5 aromatic rings. The lowest BCUT2D eigenvalue weighted by Gasteiger charge is -2.19. The molecule has 0 saturated carbocycles. The lowest BCUT2D eigenvalue weighted by Crippen LogP contribution is -2.32. The summed E-state index contributed by atoms with van der Waals surface area (Å²) in [7, 11) is 3.39. The number of carbonyl (C=O) groups is 2. The first-order chi connectivity index (χ1) is 24.0. The van der Waals surface area contributed by atoms with Crippen molar-refractivity contribution in [1.29, 1.82) is 0 Å². The first-order valence-corrected chi connectivity index (χ1v) is 16.9. The average Bonchev–Trinajstić information content (AvgIpc) is 3.49. The fourth-order valence-electron chi connectivity index (χ4n) is 6.04. The molecule has 0 bridgehead atoms. The second-order valence-electron chi connectivity index (χ2n) is 12.0. The molecule has 12 nitrogen and oxygen atoms in total. The highest BCUT2D eigenvalue weighted by molar-refractivity contribution is 7.19. The van der Waals surface area contributed by atoms with Gasteiger partial charge in [-0.1, -0.05) is 12.6 Å². The van der Waals surface area contributed by atoms with Gasteiger partial charge in [0.05, 0.1) is 11.9 Å². The van der Waals surface area contributed by atoms with Crippen LogP contribution in [0.2, 0.25) is 0 Å². The molecular weight excluding hydrogens is 662 g/mol. The molecule has 0 saturated heterocycles. The minimum atomic E-state index is -0.647. The van der Waals surface area contributed by atoms with Crippen LogP contribution in [-0.4, -0.2) is 51.3 Å². The van der Waals surface area contributed by atoms with Crippen LogP contribution in [0.3, 0.4) is 0 Å². The fraction of sp³-hybridized carbons (Fsp3) is 0.278. The van der Waals surface area contributed by atoms with Crippen LogP contribution in [-0.2, 0) is 40.8 Å². The third-order valence-corrected chi connectivity index (χ3v) is 9.85. The molecule has 6 rings (SSSR count). The van der Waals surface area contributed by atoms with Crippen molar-refractivity contribution in [2.24, 2.45) is 7.05 Å². The van der Waals surface area contributed by atoms with E-state index in [1.165, 1.54) is 45.9 Å². The number of fused-ring (bicyclic) bond motifs is 3. The monoisotopic (exact) mass is 697 g/mol. The Bertz CT molecular complexity index is 2260. The van der Waals surface area contributed by atoms with E-state index in [2.05, 4.69) is 27.3 Å². The lowest BCUT2D eigenvalue weighted by atomic mass is 9.97. The summed E-state index contributed by atoms with van der Waals surface area (Å²) >= 11 is 1.45. The van der Waals surface area contributed by atoms with Crippen LogP contribution in [0.4, 0.5) is 21.7 Å². The predicted molar refractivity (Wildman–Crippen MR) is 192 cm³/mol. The molecule has 0 unspecified atom stereocenters. The molecule has 50 heavy (non-hydrogen) atoms. The number of thiophene rings is 1. The van der Waals surface area contributed by atoms with Crippen LogP contribution >= 0.6 is 11.3 Å². The van der Waals surface area contributed by atoms with E-state index in [0.717, 1.165) is 41.3 Å². The maximum atomic E-state index is 15.5. The first-order valence-electron chi connectivity index (χ1n) is 16.1. The molecule has 14 heteroatoms. The largest absolute Gasteiger partial charge is 0.461 e. The minimum Gasteiger partial charge on any atom is -0.461 e. The van der Waals surface area contributed by atoms with Crippen molar-refractivity contribution in [3.05, 3.63) is 104 Å². The van der Waals surface area contributed by atoms with Crippen molar-refractivity contribution in [3.8, 4) is 16.8 Å². The molecule has 0 fully saturated rings. The maximum Gasteiger partial charge on any atom is 0.302 e. The minimum absolute atomic E-state index is 0.129. The number of anilines is 3. The van der Waals surface area contributed by atoms with Crippen LogP contribution in [0.5, 0.6) is 0 Å². The van der Waals surface area contributed by atoms with Gasteiger partial charge in [-0.05, 0) is 67.2 Å². The van der Waals surface area contributed by atoms with Gasteiger partial charge in [0.1, 0.15) is 34.4 Å². The quantitative estimate of drug-likeness (QED) is 0.148. The Hall–Kier alpha value is -5.63. The van der Waals surface area contributed by atoms with E-state index in [9.17, 15) is 19.2 Å². The van der Waals surface area contributed by atoms with Gasteiger partial charge in [0.2, 0.25) is 5.91 Å². The first kappa shape index (κ1) is 34.2. The van der Waals surface area contributed by atoms with Crippen molar-refractivity contribution in [2.75, 3.05) is 30.4 Å². The normalized spacial score (nSPS) is 12.3. The Morgan fingerprint density at radius 3 is 2.74 bits per heavy atom. The van der Waals surface area contributed by atoms with Gasteiger partial charge in [-0.2, -0.15) is 9.78 Å². The number of pyridine rings is 2. The number of hydrogen-bond acceptors (Lipinski definition) is 10. The van der Waals surface area contributed by atoms with E-state index in [4.69, 9.17) is 4.74 Å². The molecule has 0 spiro atoms. The number of hydrogen-bond donors (Lipinski definition) is 2. The number of rotatable bonds is 11. The Morgan fingerprint density at radius 2 is 1.96 bits per heavy atom. The summed E-state index contributed by atoms with van der Waals surface area (Å²) < 4.78 is 24.0. The maximum absolute atomic E-state index is 15.5. The highest BCUT2D eigenvalue weighted by Crippen LogP contribution is 2.36. The Morgan fingerprint density at radius 1 is 1.16 bits per heavy atom. The van der Waals surface area contributed by atoms with Gasteiger partial charge >= 0.3 is 5.97 Å². The van der Waals surface area contributed by atoms with Crippen LogP contribution in [0, 0.1) is 5.82 Å². The number of benzene rings is 1. The number of nitrogens with one attached hydrogen (secondary N) is 2. The zero-order valence-corrected chi connectivity index (χ0v) is 28.7. The summed E-state index contributed by atoms with van der Waals surface area (Å²) in [5, 5.41) is 11.1. The van der Waals surface area contributed by atoms with Gasteiger partial charge < -0.3 is 24.8 Å². The lowest BCUT2D eigenvalue weighted by molar-refractivity contribution is -0.142. The van der Waals surface area contributed by atoms with E-state index in [1.54, 1.807) is 43.7 Å². The molecule has 1 aromatic carbocycles. The Labute approximate surface area is 290 Å². The van der Waals surface area contributed by atoms with Crippen LogP contribution < -0.4 is 26.7 Å². The third-order valence-electron chi connectivity index (χ3n) is 8.55. The zero-order valence-electron chi connectivity index (χ0n) is 27.9. The van der Waals surface area contributed by atoms with Crippen molar-refractivity contribution in [3.63, 3.8) is 0 Å². The molecule has 0 aliphatic heterocycles. The Balaban J connectivity index is 1.40. The summed E-state index contributed by atoms with van der Waals surface area (Å²) in [6.45, 7) is 5.28. The molecule has 4 aromatic heterocycles. The highest BCUT2D eigenvalue weighted by Gasteiger charge is 2.23. The second-order valence-corrected chi connectivity index (χ2v) is 13.1. The number of amides is 1. The number of halogens is 1. The smallest absolute Gasteiger partial charge is 0.302 e. The standard InChI is InChI=1S/C36H36FN7O5S/c1-5-33(46)38-13-14-42(3)32-12-8-11-31(41-32)40-28-15-22(19-43(4)35(28)47)25-16-23(37)17-29(27(25)20-49-21(2)45)44-36(48)34-26(18-39-44)24-9-6-7-10-30(24)50-34/h5,8,11-12,15-19H,1,6-7,9-10,13-14,20H2,2-4H3,(H,38,46)(H,40,41). The van der Waals surface area contributed by atoms with Crippen molar-refractivity contribution in [2.45, 2.75) is 39.2 Å². The Kier molecular flexibility index (Phi) is 9.90. The molecule has 0 radical (unpaired) electrons. The highest BCUT2D eigenvalue weighted by atomic mass is 32.1. The van der Waals surface area contributed by atoms with E-state index in [0.29, 0.717) is 46.1 Å². The van der Waals surface area contributed by atoms with Crippen molar-refractivity contribution in [1.82, 2.24) is 24.6 Å². The van der Waals surface area contributed by atoms with Crippen LogP contribution in [0.15, 0.2) is 71.0 Å². The van der Waals surface area contributed by atoms with Gasteiger partial charge in [0, 0.05) is 67.8 Å². The predicted octanol–water partition coefficient (Wildman–Crippen LogP) is 4.77. The van der Waals surface area contributed by atoms with E-state index < -0.39 is 11.8 Å². The molecule has 4 heterocycles. The molecule has 1 amide bonds. The third kappa shape index (κ3) is 7.06. The number of esters is 1. The second kappa shape index (κ2) is 14.5. The number of ether oxygens (including phenoxy) is 1. The summed E-state index contributed by atoms with van der Waals surface area (Å²) in [5.41, 5.74) is 1.75. The van der Waals surface area contributed by atoms with Gasteiger partial charge in [-0.3, -0.25) is 19.2 Å². The zero-order chi connectivity index (χ0) is 35.5. The average molecular weight is 698 g/mol. The van der Waals surface area contributed by atoms with Gasteiger partial charge in [-0.15, -0.1) is 11.3 Å². The molecule has 258 valence electrons. The molecule has 2 N–H and O–H groups in total. The van der Waals surface area contributed by atoms with Gasteiger partial charge in [0.25, 0.3) is 11.1 Å². The molecule has 0 atom stereocenters. The fourth-order valence-corrected chi connectivity index (χ4v) is 7.33. The summed E-state index contributed by atoms with van der Waals surface area (Å²) in [4.78, 5) is 58.4. The number of likely N-dealkylation sites (N-methyl/N-ethyl adjacent to an activating group) is 1. The molecule has 1 aliphatic carbocycles. The molecular formula is C36H36FN7O5S. The van der Waals surface area contributed by atoms with Crippen LogP contribution in [0.25, 0.3) is 26.9 Å². The van der Waals surface area contributed by atoms with Crippen LogP contribution in [0.1, 0.15) is 35.8 Å². The topological polar surface area (TPSA) is 140 Å². The summed E-state index contributed by atoms with van der Waals surface area (Å²) in [6.07, 6.45) is 8.31. The van der Waals surface area contributed by atoms with E-state index >= 15 is 4.39 Å². The van der Waals surface area contributed by atoms with Gasteiger partial charge in [0.15, 0.2) is 0 Å². The SMILES string of the molecule is C=CC(=O)NCCN(C)c1cccc(Nc2cc(-c3cc(F)cc(-n4ncc5c6c(sc5c4=O)CCCC6)c3COC(C)=O)cn(C)c2=O)n1. The van der Waals surface area contributed by atoms with Crippen molar-refractivity contribution >= 4 is 50.6 Å². The number of aromatic nitrogens is 4. The van der Waals surface area contributed by atoms with Gasteiger partial charge in [-0.25, -0.2) is 9.37 Å². The van der Waals surface area contributed by atoms with Crippen molar-refractivity contribution < 1.29 is 18.7 Å². The summed E-state index contributed by atoms with van der Waals surface area (Å²) in [5.74, 6) is -0.512. The summed E-state index contributed by atoms with van der Waals surface area (Å²) in [6, 6.07) is 9.31. The number of nitrogens with zero attached hydrogens (tertiary/aromatic N) is 5. The van der Waals surface area contributed by atoms with E-state index in [1.807, 2.05) is 11.9 Å².